The van der Waals surface area contributed by atoms with Crippen molar-refractivity contribution >= 4 is 34.9 Å². The highest BCUT2D eigenvalue weighted by Gasteiger charge is 2.34. The predicted molar refractivity (Wildman–Crippen MR) is 88.6 cm³/mol. The molecule has 3 amide bonds. The third kappa shape index (κ3) is 3.42. The maximum atomic E-state index is 12.5. The number of nitrogens with one attached hydrogen (secondary N) is 1. The van der Waals surface area contributed by atoms with Gasteiger partial charge in [0.2, 0.25) is 5.89 Å². The molecule has 1 aliphatic rings. The van der Waals surface area contributed by atoms with E-state index >= 15 is 0 Å². The fourth-order valence-corrected chi connectivity index (χ4v) is 2.85. The van der Waals surface area contributed by atoms with Crippen molar-refractivity contribution in [1.82, 2.24) is 15.0 Å². The van der Waals surface area contributed by atoms with Gasteiger partial charge >= 0.3 is 6.03 Å². The van der Waals surface area contributed by atoms with E-state index in [0.29, 0.717) is 19.4 Å². The molecule has 1 aliphatic heterocycles. The van der Waals surface area contributed by atoms with E-state index in [4.69, 9.17) is 21.9 Å². The molecule has 136 valence electrons. The molecule has 1 fully saturated rings. The highest BCUT2D eigenvalue weighted by molar-refractivity contribution is 6.32. The van der Waals surface area contributed by atoms with Crippen LogP contribution in [0.5, 0.6) is 0 Å². The van der Waals surface area contributed by atoms with Gasteiger partial charge < -0.3 is 20.5 Å². The van der Waals surface area contributed by atoms with Crippen molar-refractivity contribution in [3.63, 3.8) is 0 Å². The van der Waals surface area contributed by atoms with Crippen LogP contribution in [0.15, 0.2) is 22.7 Å². The molecule has 1 aromatic carbocycles. The summed E-state index contributed by atoms with van der Waals surface area (Å²) in [5, 5.41) is 17.0. The minimum absolute atomic E-state index is 0.0307. The first-order valence-electron chi connectivity index (χ1n) is 7.52. The van der Waals surface area contributed by atoms with E-state index in [9.17, 15) is 19.7 Å². The molecule has 1 atom stereocenters. The lowest BCUT2D eigenvalue weighted by molar-refractivity contribution is -0.384. The van der Waals surface area contributed by atoms with Gasteiger partial charge in [0.25, 0.3) is 17.4 Å². The number of urea groups is 1. The largest absolute Gasteiger partial charge is 0.363 e. The van der Waals surface area contributed by atoms with E-state index < -0.39 is 22.9 Å². The van der Waals surface area contributed by atoms with Gasteiger partial charge in [0.05, 0.1) is 4.92 Å². The van der Waals surface area contributed by atoms with Crippen LogP contribution < -0.4 is 11.1 Å². The first-order chi connectivity index (χ1) is 12.4. The molecular formula is C14H13ClN6O5. The van der Waals surface area contributed by atoms with E-state index in [1.54, 1.807) is 0 Å². The van der Waals surface area contributed by atoms with Crippen LogP contribution in [-0.4, -0.2) is 38.4 Å². The number of likely N-dealkylation sites (tertiary alicyclic amines) is 1. The van der Waals surface area contributed by atoms with Gasteiger partial charge in [-0.1, -0.05) is 16.8 Å². The third-order valence-electron chi connectivity index (χ3n) is 3.85. The molecule has 11 nitrogen and oxygen atoms in total. The minimum atomic E-state index is -0.831. The van der Waals surface area contributed by atoms with Gasteiger partial charge in [-0.05, 0) is 25.0 Å². The normalized spacial score (nSPS) is 16.5. The van der Waals surface area contributed by atoms with Gasteiger partial charge in [-0.15, -0.1) is 0 Å². The molecule has 26 heavy (non-hydrogen) atoms. The topological polar surface area (TPSA) is 157 Å². The van der Waals surface area contributed by atoms with Crippen LogP contribution in [0.4, 0.5) is 16.2 Å². The van der Waals surface area contributed by atoms with Crippen molar-refractivity contribution in [3.8, 4) is 0 Å². The zero-order valence-electron chi connectivity index (χ0n) is 13.2. The summed E-state index contributed by atoms with van der Waals surface area (Å²) in [5.41, 5.74) is 5.00. The maximum absolute atomic E-state index is 12.5. The van der Waals surface area contributed by atoms with Crippen molar-refractivity contribution in [2.75, 3.05) is 11.9 Å². The van der Waals surface area contributed by atoms with Crippen LogP contribution in [0, 0.1) is 10.1 Å². The second-order valence-corrected chi connectivity index (χ2v) is 5.93. The van der Waals surface area contributed by atoms with Gasteiger partial charge in [0.15, 0.2) is 0 Å². The molecule has 0 saturated carbocycles. The van der Waals surface area contributed by atoms with Gasteiger partial charge in [0, 0.05) is 18.3 Å². The summed E-state index contributed by atoms with van der Waals surface area (Å²) >= 11 is 5.76. The predicted octanol–water partition coefficient (Wildman–Crippen LogP) is 2.10. The number of carbonyl (C=O) groups is 2. The number of nitrogens with two attached hydrogens (primary N) is 1. The average Bonchev–Trinajstić information content (AvgIpc) is 3.25. The number of benzene rings is 1. The SMILES string of the molecule is NC(=O)c1noc([C@@H]2CCCN2C(=O)Nc2ccc(Cl)c([N+](=O)[O-])c2)n1. The average molecular weight is 381 g/mol. The lowest BCUT2D eigenvalue weighted by Crippen LogP contribution is -2.34. The van der Waals surface area contributed by atoms with E-state index in [-0.39, 0.29) is 28.1 Å². The van der Waals surface area contributed by atoms with Crippen molar-refractivity contribution in [2.24, 2.45) is 5.73 Å². The fourth-order valence-electron chi connectivity index (χ4n) is 2.66. The molecule has 3 rings (SSSR count). The summed E-state index contributed by atoms with van der Waals surface area (Å²) in [4.78, 5) is 39.3. The number of nitro groups is 1. The van der Waals surface area contributed by atoms with Crippen LogP contribution in [0.25, 0.3) is 0 Å². The van der Waals surface area contributed by atoms with Crippen molar-refractivity contribution in [3.05, 3.63) is 45.1 Å². The molecule has 3 N–H and O–H groups in total. The van der Waals surface area contributed by atoms with E-state index in [2.05, 4.69) is 15.5 Å². The molecule has 2 heterocycles. The second kappa shape index (κ2) is 6.96. The van der Waals surface area contributed by atoms with Gasteiger partial charge in [-0.3, -0.25) is 14.9 Å². The summed E-state index contributed by atoms with van der Waals surface area (Å²) in [6.07, 6.45) is 1.25. The quantitative estimate of drug-likeness (QED) is 0.606. The van der Waals surface area contributed by atoms with Crippen LogP contribution in [0.2, 0.25) is 5.02 Å². The number of nitro benzene ring substituents is 1. The Bertz CT molecular complexity index is 884. The smallest absolute Gasteiger partial charge is 0.322 e. The highest BCUT2D eigenvalue weighted by atomic mass is 35.5. The fraction of sp³-hybridized carbons (Fsp3) is 0.286. The molecule has 0 bridgehead atoms. The number of hydrogen-bond donors (Lipinski definition) is 2. The number of aromatic nitrogens is 2. The van der Waals surface area contributed by atoms with E-state index in [1.807, 2.05) is 0 Å². The Balaban J connectivity index is 1.77. The molecule has 1 saturated heterocycles. The van der Waals surface area contributed by atoms with Gasteiger partial charge in [0.1, 0.15) is 11.1 Å². The summed E-state index contributed by atoms with van der Waals surface area (Å²) in [6, 6.07) is 2.94. The number of amides is 3. The van der Waals surface area contributed by atoms with Gasteiger partial charge in [-0.25, -0.2) is 4.79 Å². The van der Waals surface area contributed by atoms with Crippen LogP contribution in [-0.2, 0) is 0 Å². The van der Waals surface area contributed by atoms with Crippen LogP contribution >= 0.6 is 11.6 Å². The number of primary amides is 1. The molecular weight excluding hydrogens is 368 g/mol. The van der Waals surface area contributed by atoms with Crippen molar-refractivity contribution in [2.45, 2.75) is 18.9 Å². The Morgan fingerprint density at radius 1 is 1.46 bits per heavy atom. The Morgan fingerprint density at radius 3 is 2.88 bits per heavy atom. The number of anilines is 1. The van der Waals surface area contributed by atoms with E-state index in [1.165, 1.54) is 23.1 Å². The number of rotatable bonds is 4. The summed E-state index contributed by atoms with van der Waals surface area (Å²) in [7, 11) is 0. The molecule has 1 aromatic heterocycles. The lowest BCUT2D eigenvalue weighted by atomic mass is 10.2. The monoisotopic (exact) mass is 380 g/mol. The summed E-state index contributed by atoms with van der Waals surface area (Å²) in [5.74, 6) is -0.989. The number of carbonyl (C=O) groups excluding carboxylic acids is 2. The standard InChI is InChI=1S/C14H13ClN6O5/c15-8-4-3-7(6-10(8)21(24)25)17-14(23)20-5-1-2-9(20)13-18-12(11(16)22)19-26-13/h3-4,6,9H,1-2,5H2,(H2,16,22)(H,17,23)/t9-/m0/s1. The van der Waals surface area contributed by atoms with Crippen LogP contribution in [0.3, 0.4) is 0 Å². The Labute approximate surface area is 151 Å². The van der Waals surface area contributed by atoms with Crippen molar-refractivity contribution < 1.29 is 19.0 Å². The number of nitrogens with zero attached hydrogens (tertiary/aromatic N) is 4. The van der Waals surface area contributed by atoms with Gasteiger partial charge in [-0.2, -0.15) is 4.98 Å². The van der Waals surface area contributed by atoms with Crippen molar-refractivity contribution in [1.29, 1.82) is 0 Å². The lowest BCUT2D eigenvalue weighted by Gasteiger charge is -2.22. The Morgan fingerprint density at radius 2 is 2.23 bits per heavy atom. The summed E-state index contributed by atoms with van der Waals surface area (Å²) in [6.45, 7) is 0.417. The maximum Gasteiger partial charge on any atom is 0.322 e. The zero-order chi connectivity index (χ0) is 18.8. The minimum Gasteiger partial charge on any atom is -0.363 e. The first-order valence-corrected chi connectivity index (χ1v) is 7.89. The summed E-state index contributed by atoms with van der Waals surface area (Å²) < 4.78 is 5.02. The number of hydrogen-bond acceptors (Lipinski definition) is 7. The zero-order valence-corrected chi connectivity index (χ0v) is 14.0. The third-order valence-corrected chi connectivity index (χ3v) is 4.17. The molecule has 0 radical (unpaired) electrons. The Hall–Kier alpha value is -3.21. The molecule has 2 aromatic rings. The van der Waals surface area contributed by atoms with Crippen LogP contribution in [0.1, 0.15) is 35.4 Å². The first kappa shape index (κ1) is 17.6. The molecule has 0 aliphatic carbocycles. The second-order valence-electron chi connectivity index (χ2n) is 5.53. The molecule has 0 unspecified atom stereocenters. The number of halogens is 1. The highest BCUT2D eigenvalue weighted by Crippen LogP contribution is 2.32. The molecule has 0 spiro atoms. The van der Waals surface area contributed by atoms with E-state index in [0.717, 1.165) is 0 Å². The molecule has 12 heteroatoms. The Kier molecular flexibility index (Phi) is 4.71.